The molecular weight excluding hydrogens is 263 g/mol. The molecule has 2 aliphatic heterocycles. The molecule has 2 heterocycles. The highest BCUT2D eigenvalue weighted by molar-refractivity contribution is 5.20. The fourth-order valence-electron chi connectivity index (χ4n) is 4.41. The van der Waals surface area contributed by atoms with Crippen LogP contribution in [0.1, 0.15) is 57.6 Å². The molecule has 1 aromatic carbocycles. The molecular formula is C18H27FN2. The lowest BCUT2D eigenvalue weighted by Gasteiger charge is -2.41. The van der Waals surface area contributed by atoms with Gasteiger partial charge in [0.15, 0.2) is 0 Å². The van der Waals surface area contributed by atoms with Crippen molar-refractivity contribution in [2.75, 3.05) is 6.54 Å². The third kappa shape index (κ3) is 3.14. The number of rotatable bonds is 5. The normalized spacial score (nSPS) is 29.8. The van der Waals surface area contributed by atoms with E-state index in [2.05, 4.69) is 30.1 Å². The summed E-state index contributed by atoms with van der Waals surface area (Å²) in [4.78, 5) is 2.61. The lowest BCUT2D eigenvalue weighted by molar-refractivity contribution is 0.0965. The van der Waals surface area contributed by atoms with Crippen LogP contribution in [0.2, 0.25) is 0 Å². The number of halogens is 1. The van der Waals surface area contributed by atoms with Crippen LogP contribution in [0.5, 0.6) is 0 Å². The molecule has 2 fully saturated rings. The average molecular weight is 290 g/mol. The summed E-state index contributed by atoms with van der Waals surface area (Å²) < 4.78 is 13.6. The Bertz CT molecular complexity index is 464. The average Bonchev–Trinajstić information content (AvgIpc) is 2.83. The number of nitrogens with zero attached hydrogens (tertiary/aromatic N) is 1. The van der Waals surface area contributed by atoms with Gasteiger partial charge in [0.2, 0.25) is 0 Å². The Morgan fingerprint density at radius 3 is 2.52 bits per heavy atom. The first-order valence-corrected chi connectivity index (χ1v) is 8.48. The second kappa shape index (κ2) is 6.45. The summed E-state index contributed by atoms with van der Waals surface area (Å²) in [6.45, 7) is 5.50. The first-order valence-electron chi connectivity index (χ1n) is 8.48. The Morgan fingerprint density at radius 2 is 1.95 bits per heavy atom. The van der Waals surface area contributed by atoms with Gasteiger partial charge in [0.05, 0.1) is 0 Å². The van der Waals surface area contributed by atoms with E-state index in [0.29, 0.717) is 24.2 Å². The van der Waals surface area contributed by atoms with Gasteiger partial charge in [-0.2, -0.15) is 0 Å². The quantitative estimate of drug-likeness (QED) is 0.885. The summed E-state index contributed by atoms with van der Waals surface area (Å²) >= 11 is 0. The van der Waals surface area contributed by atoms with Gasteiger partial charge in [0, 0.05) is 24.2 Å². The third-order valence-corrected chi connectivity index (χ3v) is 5.30. The number of nitrogens with one attached hydrogen (secondary N) is 1. The number of benzene rings is 1. The standard InChI is InChI=1S/C18H27FN2/c1-3-18(13-6-5-7-14(19)10-13)21(4-2)17-11-15-8-9-16(12-17)20-15/h5-7,10,15-18,20H,3-4,8-9,11-12H2,1-2H3. The van der Waals surface area contributed by atoms with Gasteiger partial charge in [0.25, 0.3) is 0 Å². The molecule has 0 aromatic heterocycles. The minimum absolute atomic E-state index is 0.118. The molecule has 2 aliphatic rings. The summed E-state index contributed by atoms with van der Waals surface area (Å²) in [6, 6.07) is 9.56. The van der Waals surface area contributed by atoms with Crippen LogP contribution in [0.25, 0.3) is 0 Å². The summed E-state index contributed by atoms with van der Waals surface area (Å²) in [5.41, 5.74) is 1.13. The third-order valence-electron chi connectivity index (χ3n) is 5.30. The van der Waals surface area contributed by atoms with E-state index in [1.807, 2.05) is 6.07 Å². The Balaban J connectivity index is 1.80. The van der Waals surface area contributed by atoms with E-state index in [9.17, 15) is 4.39 Å². The molecule has 0 amide bonds. The minimum atomic E-state index is -0.118. The Labute approximate surface area is 127 Å². The molecule has 3 heteroatoms. The van der Waals surface area contributed by atoms with Gasteiger partial charge in [-0.05, 0) is 56.3 Å². The van der Waals surface area contributed by atoms with Crippen molar-refractivity contribution in [2.45, 2.75) is 70.1 Å². The zero-order chi connectivity index (χ0) is 14.8. The summed E-state index contributed by atoms with van der Waals surface area (Å²) in [6.07, 6.45) is 6.19. The molecule has 1 N–H and O–H groups in total. The molecule has 2 saturated heterocycles. The van der Waals surface area contributed by atoms with E-state index in [1.165, 1.54) is 31.7 Å². The van der Waals surface area contributed by atoms with Gasteiger partial charge < -0.3 is 5.32 Å². The first kappa shape index (κ1) is 15.0. The highest BCUT2D eigenvalue weighted by Crippen LogP contribution is 2.35. The lowest BCUT2D eigenvalue weighted by Crippen LogP contribution is -2.49. The maximum Gasteiger partial charge on any atom is 0.123 e. The van der Waals surface area contributed by atoms with Crippen LogP contribution in [-0.2, 0) is 0 Å². The van der Waals surface area contributed by atoms with Crippen molar-refractivity contribution in [1.29, 1.82) is 0 Å². The van der Waals surface area contributed by atoms with E-state index in [0.717, 1.165) is 18.5 Å². The highest BCUT2D eigenvalue weighted by atomic mass is 19.1. The summed E-state index contributed by atoms with van der Waals surface area (Å²) in [5.74, 6) is -0.118. The predicted molar refractivity (Wildman–Crippen MR) is 84.8 cm³/mol. The molecule has 3 unspecified atom stereocenters. The van der Waals surface area contributed by atoms with Gasteiger partial charge in [0.1, 0.15) is 5.82 Å². The summed E-state index contributed by atoms with van der Waals surface area (Å²) in [7, 11) is 0. The monoisotopic (exact) mass is 290 g/mol. The number of piperidine rings is 1. The number of hydrogen-bond donors (Lipinski definition) is 1. The minimum Gasteiger partial charge on any atom is -0.311 e. The van der Waals surface area contributed by atoms with Crippen LogP contribution in [0, 0.1) is 5.82 Å². The molecule has 116 valence electrons. The zero-order valence-corrected chi connectivity index (χ0v) is 13.2. The van der Waals surface area contributed by atoms with Gasteiger partial charge in [-0.15, -0.1) is 0 Å². The van der Waals surface area contributed by atoms with Crippen LogP contribution in [0.3, 0.4) is 0 Å². The predicted octanol–water partition coefficient (Wildman–Crippen LogP) is 3.88. The van der Waals surface area contributed by atoms with Crippen molar-refractivity contribution in [3.63, 3.8) is 0 Å². The van der Waals surface area contributed by atoms with Crippen LogP contribution in [0.15, 0.2) is 24.3 Å². The highest BCUT2D eigenvalue weighted by Gasteiger charge is 2.37. The largest absolute Gasteiger partial charge is 0.311 e. The van der Waals surface area contributed by atoms with Gasteiger partial charge in [-0.1, -0.05) is 26.0 Å². The van der Waals surface area contributed by atoms with E-state index in [-0.39, 0.29) is 5.82 Å². The Hall–Kier alpha value is -0.930. The molecule has 0 aliphatic carbocycles. The van der Waals surface area contributed by atoms with E-state index >= 15 is 0 Å². The van der Waals surface area contributed by atoms with Crippen LogP contribution >= 0.6 is 0 Å². The molecule has 3 rings (SSSR count). The second-order valence-corrected chi connectivity index (χ2v) is 6.57. The number of hydrogen-bond acceptors (Lipinski definition) is 2. The fourth-order valence-corrected chi connectivity index (χ4v) is 4.41. The fraction of sp³-hybridized carbons (Fsp3) is 0.667. The Kier molecular flexibility index (Phi) is 4.60. The smallest absolute Gasteiger partial charge is 0.123 e. The van der Waals surface area contributed by atoms with Crippen molar-refractivity contribution in [1.82, 2.24) is 10.2 Å². The van der Waals surface area contributed by atoms with E-state index < -0.39 is 0 Å². The van der Waals surface area contributed by atoms with Crippen molar-refractivity contribution < 1.29 is 4.39 Å². The van der Waals surface area contributed by atoms with Crippen LogP contribution in [0.4, 0.5) is 4.39 Å². The van der Waals surface area contributed by atoms with Crippen molar-refractivity contribution in [3.8, 4) is 0 Å². The SMILES string of the molecule is CCC(c1cccc(F)c1)N(CC)C1CC2CCC(C1)N2. The molecule has 21 heavy (non-hydrogen) atoms. The van der Waals surface area contributed by atoms with E-state index in [4.69, 9.17) is 0 Å². The van der Waals surface area contributed by atoms with E-state index in [1.54, 1.807) is 6.07 Å². The van der Waals surface area contributed by atoms with Crippen LogP contribution in [-0.4, -0.2) is 29.6 Å². The lowest BCUT2D eigenvalue weighted by atomic mass is 9.93. The van der Waals surface area contributed by atoms with Gasteiger partial charge in [-0.25, -0.2) is 4.39 Å². The molecule has 3 atom stereocenters. The molecule has 1 aromatic rings. The second-order valence-electron chi connectivity index (χ2n) is 6.57. The first-order chi connectivity index (χ1) is 10.2. The molecule has 0 saturated carbocycles. The summed E-state index contributed by atoms with van der Waals surface area (Å²) in [5, 5.41) is 3.72. The molecule has 0 radical (unpaired) electrons. The van der Waals surface area contributed by atoms with Crippen molar-refractivity contribution >= 4 is 0 Å². The van der Waals surface area contributed by atoms with Crippen LogP contribution < -0.4 is 5.32 Å². The Morgan fingerprint density at radius 1 is 1.24 bits per heavy atom. The molecule has 2 nitrogen and oxygen atoms in total. The molecule has 0 spiro atoms. The van der Waals surface area contributed by atoms with Crippen molar-refractivity contribution in [2.24, 2.45) is 0 Å². The zero-order valence-electron chi connectivity index (χ0n) is 13.2. The molecule has 2 bridgehead atoms. The maximum absolute atomic E-state index is 13.6. The van der Waals surface area contributed by atoms with Gasteiger partial charge >= 0.3 is 0 Å². The number of fused-ring (bicyclic) bond motifs is 2. The maximum atomic E-state index is 13.6. The topological polar surface area (TPSA) is 15.3 Å². The van der Waals surface area contributed by atoms with Crippen molar-refractivity contribution in [3.05, 3.63) is 35.6 Å². The van der Waals surface area contributed by atoms with Gasteiger partial charge in [-0.3, -0.25) is 4.90 Å².